The first-order valence-electron chi connectivity index (χ1n) is 10.9. The molecule has 1 aliphatic heterocycles. The number of hydrogen-bond acceptors (Lipinski definition) is 5. The summed E-state index contributed by atoms with van der Waals surface area (Å²) < 4.78 is 1.80. The average molecular weight is 540 g/mol. The molecule has 172 valence electrons. The molecule has 1 saturated heterocycles. The molecule has 0 amide bonds. The highest BCUT2D eigenvalue weighted by molar-refractivity contribution is 14.0. The van der Waals surface area contributed by atoms with E-state index < -0.39 is 0 Å². The Morgan fingerprint density at radius 1 is 1.19 bits per heavy atom. The fraction of sp³-hybridized carbons (Fsp3) is 0.591. The standard InChI is InChI=1S/C22H36N8.HI/c1-6-23-22(27(4)16-21-25-17-26-28(21)5)24-10-11-29-12-14-30(15-13-29)20-9-7-8-18(2)19(20)3;/h7-9,17H,6,10-16H2,1-5H3,(H,23,24);1H. The minimum absolute atomic E-state index is 0. The normalized spacial score (nSPS) is 15.0. The van der Waals surface area contributed by atoms with E-state index in [1.54, 1.807) is 11.0 Å². The van der Waals surface area contributed by atoms with Crippen molar-refractivity contribution in [3.63, 3.8) is 0 Å². The van der Waals surface area contributed by atoms with Crippen LogP contribution in [0, 0.1) is 13.8 Å². The molecule has 1 N–H and O–H groups in total. The lowest BCUT2D eigenvalue weighted by Crippen LogP contribution is -2.47. The first-order chi connectivity index (χ1) is 14.5. The van der Waals surface area contributed by atoms with Crippen LogP contribution in [0.4, 0.5) is 5.69 Å². The number of hydrogen-bond donors (Lipinski definition) is 1. The number of aryl methyl sites for hydroxylation is 2. The van der Waals surface area contributed by atoms with Crippen LogP contribution in [0.15, 0.2) is 29.5 Å². The van der Waals surface area contributed by atoms with E-state index in [1.165, 1.54) is 16.8 Å². The van der Waals surface area contributed by atoms with Gasteiger partial charge >= 0.3 is 0 Å². The van der Waals surface area contributed by atoms with E-state index in [2.05, 4.69) is 69.1 Å². The molecule has 0 aliphatic carbocycles. The fourth-order valence-electron chi connectivity index (χ4n) is 3.81. The summed E-state index contributed by atoms with van der Waals surface area (Å²) in [6.07, 6.45) is 1.59. The zero-order chi connectivity index (χ0) is 21.5. The number of rotatable bonds is 7. The van der Waals surface area contributed by atoms with Gasteiger partial charge < -0.3 is 15.1 Å². The molecule has 31 heavy (non-hydrogen) atoms. The molecule has 0 radical (unpaired) electrons. The molecule has 1 fully saturated rings. The van der Waals surface area contributed by atoms with Crippen molar-refractivity contribution in [3.05, 3.63) is 41.5 Å². The van der Waals surface area contributed by atoms with Gasteiger partial charge in [-0.05, 0) is 38.0 Å². The zero-order valence-corrected chi connectivity index (χ0v) is 21.8. The smallest absolute Gasteiger partial charge is 0.194 e. The predicted molar refractivity (Wildman–Crippen MR) is 138 cm³/mol. The second kappa shape index (κ2) is 12.2. The molecular formula is C22H37IN8. The molecule has 2 aromatic rings. The highest BCUT2D eigenvalue weighted by atomic mass is 127. The Balaban J connectivity index is 0.00000341. The molecule has 8 nitrogen and oxygen atoms in total. The molecule has 3 rings (SSSR count). The van der Waals surface area contributed by atoms with Gasteiger partial charge in [0.1, 0.15) is 12.2 Å². The lowest BCUT2D eigenvalue weighted by molar-refractivity contribution is 0.264. The second-order valence-electron chi connectivity index (χ2n) is 7.94. The van der Waals surface area contributed by atoms with Crippen LogP contribution in [-0.4, -0.2) is 83.4 Å². The molecule has 0 atom stereocenters. The molecule has 0 spiro atoms. The third-order valence-electron chi connectivity index (χ3n) is 5.85. The third kappa shape index (κ3) is 6.80. The first-order valence-corrected chi connectivity index (χ1v) is 10.9. The Labute approximate surface area is 203 Å². The van der Waals surface area contributed by atoms with Crippen LogP contribution in [0.25, 0.3) is 0 Å². The second-order valence-corrected chi connectivity index (χ2v) is 7.94. The van der Waals surface area contributed by atoms with Gasteiger partial charge in [0, 0.05) is 59.1 Å². The van der Waals surface area contributed by atoms with Crippen LogP contribution < -0.4 is 10.2 Å². The SMILES string of the molecule is CCNC(=NCCN1CCN(c2cccc(C)c2C)CC1)N(C)Cc1ncnn1C.I. The number of anilines is 1. The lowest BCUT2D eigenvalue weighted by Gasteiger charge is -2.37. The van der Waals surface area contributed by atoms with Gasteiger partial charge in [0.15, 0.2) is 5.96 Å². The minimum atomic E-state index is 0. The van der Waals surface area contributed by atoms with E-state index >= 15 is 0 Å². The topological polar surface area (TPSA) is 64.8 Å². The van der Waals surface area contributed by atoms with Crippen molar-refractivity contribution >= 4 is 35.6 Å². The molecule has 0 unspecified atom stereocenters. The zero-order valence-electron chi connectivity index (χ0n) is 19.5. The average Bonchev–Trinajstić information content (AvgIpc) is 3.14. The summed E-state index contributed by atoms with van der Waals surface area (Å²) in [5, 5.41) is 7.53. The van der Waals surface area contributed by atoms with Crippen LogP contribution in [0.3, 0.4) is 0 Å². The Morgan fingerprint density at radius 3 is 2.58 bits per heavy atom. The summed E-state index contributed by atoms with van der Waals surface area (Å²) in [7, 11) is 3.96. The predicted octanol–water partition coefficient (Wildman–Crippen LogP) is 2.27. The summed E-state index contributed by atoms with van der Waals surface area (Å²) in [4.78, 5) is 16.3. The molecular weight excluding hydrogens is 503 g/mol. The van der Waals surface area contributed by atoms with E-state index in [9.17, 15) is 0 Å². The maximum atomic E-state index is 4.84. The number of piperazine rings is 1. The van der Waals surface area contributed by atoms with Gasteiger partial charge in [0.2, 0.25) is 0 Å². The quantitative estimate of drug-likeness (QED) is 0.331. The van der Waals surface area contributed by atoms with Crippen molar-refractivity contribution in [2.24, 2.45) is 12.0 Å². The number of benzene rings is 1. The number of nitrogens with zero attached hydrogens (tertiary/aromatic N) is 7. The van der Waals surface area contributed by atoms with Gasteiger partial charge in [0.25, 0.3) is 0 Å². The van der Waals surface area contributed by atoms with E-state index in [1.807, 2.05) is 14.1 Å². The van der Waals surface area contributed by atoms with Crippen LogP contribution in [0.2, 0.25) is 0 Å². The van der Waals surface area contributed by atoms with Crippen LogP contribution >= 0.6 is 24.0 Å². The lowest BCUT2D eigenvalue weighted by atomic mass is 10.1. The molecule has 1 aliphatic rings. The highest BCUT2D eigenvalue weighted by Gasteiger charge is 2.18. The van der Waals surface area contributed by atoms with Crippen molar-refractivity contribution in [3.8, 4) is 0 Å². The van der Waals surface area contributed by atoms with E-state index in [0.717, 1.165) is 57.6 Å². The Bertz CT molecular complexity index is 842. The van der Waals surface area contributed by atoms with Crippen LogP contribution in [-0.2, 0) is 13.6 Å². The van der Waals surface area contributed by atoms with Crippen LogP contribution in [0.1, 0.15) is 23.9 Å². The van der Waals surface area contributed by atoms with Gasteiger partial charge in [0.05, 0.1) is 13.1 Å². The summed E-state index contributed by atoms with van der Waals surface area (Å²) in [6, 6.07) is 6.60. The molecule has 1 aromatic heterocycles. The fourth-order valence-corrected chi connectivity index (χ4v) is 3.81. The molecule has 0 saturated carbocycles. The maximum Gasteiger partial charge on any atom is 0.194 e. The van der Waals surface area contributed by atoms with Crippen molar-refractivity contribution in [1.29, 1.82) is 0 Å². The number of nitrogens with one attached hydrogen (secondary N) is 1. The van der Waals surface area contributed by atoms with Gasteiger partial charge in [-0.15, -0.1) is 24.0 Å². The molecule has 0 bridgehead atoms. The third-order valence-corrected chi connectivity index (χ3v) is 5.85. The molecule has 1 aromatic carbocycles. The summed E-state index contributed by atoms with van der Waals surface area (Å²) in [5.74, 6) is 1.83. The number of aliphatic imine (C=N–C) groups is 1. The number of halogens is 1. The Hall–Kier alpha value is -1.88. The van der Waals surface area contributed by atoms with Crippen molar-refractivity contribution in [1.82, 2.24) is 29.9 Å². The van der Waals surface area contributed by atoms with Gasteiger partial charge in [-0.1, -0.05) is 12.1 Å². The summed E-state index contributed by atoms with van der Waals surface area (Å²) in [5.41, 5.74) is 4.15. The van der Waals surface area contributed by atoms with Crippen molar-refractivity contribution in [2.45, 2.75) is 27.3 Å². The van der Waals surface area contributed by atoms with E-state index in [-0.39, 0.29) is 24.0 Å². The highest BCUT2D eigenvalue weighted by Crippen LogP contribution is 2.23. The Kier molecular flexibility index (Phi) is 10.0. The summed E-state index contributed by atoms with van der Waals surface area (Å²) in [6.45, 7) is 14.1. The van der Waals surface area contributed by atoms with E-state index in [0.29, 0.717) is 6.54 Å². The Morgan fingerprint density at radius 2 is 1.94 bits per heavy atom. The van der Waals surface area contributed by atoms with Gasteiger partial charge in [-0.3, -0.25) is 14.6 Å². The molecule has 9 heteroatoms. The summed E-state index contributed by atoms with van der Waals surface area (Å²) >= 11 is 0. The monoisotopic (exact) mass is 540 g/mol. The number of aromatic nitrogens is 3. The largest absolute Gasteiger partial charge is 0.369 e. The maximum absolute atomic E-state index is 4.84. The van der Waals surface area contributed by atoms with Gasteiger partial charge in [-0.2, -0.15) is 5.10 Å². The van der Waals surface area contributed by atoms with Crippen LogP contribution in [0.5, 0.6) is 0 Å². The first kappa shape index (κ1) is 25.4. The van der Waals surface area contributed by atoms with Crippen molar-refractivity contribution in [2.75, 3.05) is 57.8 Å². The van der Waals surface area contributed by atoms with Crippen molar-refractivity contribution < 1.29 is 0 Å². The number of guanidine groups is 1. The van der Waals surface area contributed by atoms with E-state index in [4.69, 9.17) is 4.99 Å². The minimum Gasteiger partial charge on any atom is -0.369 e. The van der Waals surface area contributed by atoms with Gasteiger partial charge in [-0.25, -0.2) is 4.98 Å². The molecule has 2 heterocycles.